The van der Waals surface area contributed by atoms with Gasteiger partial charge in [0.1, 0.15) is 0 Å². The maximum Gasteiger partial charge on any atom is 0.0521 e. The smallest absolute Gasteiger partial charge is 0.0521 e. The first-order valence-corrected chi connectivity index (χ1v) is 8.40. The number of hydrogen-bond acceptors (Lipinski definition) is 3. The Hall–Kier alpha value is -1.00. The van der Waals surface area contributed by atoms with Gasteiger partial charge in [-0.05, 0) is 66.2 Å². The molecule has 4 nitrogen and oxygen atoms in total. The van der Waals surface area contributed by atoms with Crippen LogP contribution in [0.3, 0.4) is 0 Å². The van der Waals surface area contributed by atoms with Gasteiger partial charge in [-0.15, -0.1) is 0 Å². The van der Waals surface area contributed by atoms with Gasteiger partial charge in [0.15, 0.2) is 0 Å². The molecular weight excluding hydrogens is 260 g/mol. The van der Waals surface area contributed by atoms with Crippen LogP contribution in [0, 0.1) is 0 Å². The summed E-state index contributed by atoms with van der Waals surface area (Å²) in [6.45, 7) is 10.2. The van der Waals surface area contributed by atoms with E-state index in [9.17, 15) is 0 Å². The fourth-order valence-corrected chi connectivity index (χ4v) is 3.00. The van der Waals surface area contributed by atoms with E-state index in [1.165, 1.54) is 38.0 Å². The summed E-state index contributed by atoms with van der Waals surface area (Å²) in [7, 11) is 2.22. The third kappa shape index (κ3) is 5.71. The molecule has 1 aliphatic rings. The highest BCUT2D eigenvalue weighted by atomic mass is 15.1. The van der Waals surface area contributed by atoms with Gasteiger partial charge < -0.3 is 20.1 Å². The highest BCUT2D eigenvalue weighted by Gasteiger charge is 2.17. The number of hydrogen-bond donors (Lipinski definition) is 2. The lowest BCUT2D eigenvalue weighted by atomic mass is 10.0. The van der Waals surface area contributed by atoms with Crippen LogP contribution in [0.25, 0.3) is 0 Å². The Morgan fingerprint density at radius 2 is 1.95 bits per heavy atom. The number of anilines is 1. The molecule has 1 aromatic rings. The second-order valence-corrected chi connectivity index (χ2v) is 6.87. The Kier molecular flexibility index (Phi) is 6.12. The third-order valence-electron chi connectivity index (χ3n) is 4.26. The predicted molar refractivity (Wildman–Crippen MR) is 90.9 cm³/mol. The van der Waals surface area contributed by atoms with Gasteiger partial charge >= 0.3 is 0 Å². The normalized spacial score (nSPS) is 19.1. The summed E-state index contributed by atoms with van der Waals surface area (Å²) >= 11 is 0. The van der Waals surface area contributed by atoms with Gasteiger partial charge in [-0.2, -0.15) is 0 Å². The van der Waals surface area contributed by atoms with Crippen LogP contribution in [0.1, 0.15) is 40.0 Å². The Morgan fingerprint density at radius 1 is 1.24 bits per heavy atom. The van der Waals surface area contributed by atoms with Gasteiger partial charge in [0.2, 0.25) is 0 Å². The van der Waals surface area contributed by atoms with Crippen LogP contribution in [0.15, 0.2) is 18.5 Å². The molecule has 0 saturated carbocycles. The first-order chi connectivity index (χ1) is 10.0. The molecule has 0 radical (unpaired) electrons. The minimum atomic E-state index is 0.492. The largest absolute Gasteiger partial charge is 0.382 e. The number of aryl methyl sites for hydroxylation is 1. The second kappa shape index (κ2) is 7.85. The van der Waals surface area contributed by atoms with Crippen LogP contribution in [0.4, 0.5) is 5.69 Å². The molecule has 0 spiro atoms. The predicted octanol–water partition coefficient (Wildman–Crippen LogP) is 2.77. The summed E-state index contributed by atoms with van der Waals surface area (Å²) in [5.41, 5.74) is 1.22. The number of aromatic nitrogens is 1. The fraction of sp³-hybridized carbons (Fsp3) is 0.765. The minimum Gasteiger partial charge on any atom is -0.382 e. The lowest BCUT2D eigenvalue weighted by Crippen LogP contribution is -2.44. The second-order valence-electron chi connectivity index (χ2n) is 6.87. The Labute approximate surface area is 129 Å². The first-order valence-electron chi connectivity index (χ1n) is 8.40. The molecule has 1 atom stereocenters. The van der Waals surface area contributed by atoms with Crippen molar-refractivity contribution in [3.63, 3.8) is 0 Å². The summed E-state index contributed by atoms with van der Waals surface area (Å²) in [4.78, 5) is 2.42. The van der Waals surface area contributed by atoms with Crippen molar-refractivity contribution < 1.29 is 0 Å². The molecular formula is C17H32N4. The van der Waals surface area contributed by atoms with E-state index in [-0.39, 0.29) is 0 Å². The molecule has 4 heteroatoms. The maximum atomic E-state index is 3.79. The molecule has 21 heavy (non-hydrogen) atoms. The molecule has 0 amide bonds. The fourth-order valence-electron chi connectivity index (χ4n) is 3.00. The van der Waals surface area contributed by atoms with E-state index in [1.807, 2.05) is 0 Å². The van der Waals surface area contributed by atoms with Crippen molar-refractivity contribution in [3.8, 4) is 0 Å². The highest BCUT2D eigenvalue weighted by Crippen LogP contribution is 2.12. The molecule has 2 rings (SSSR count). The zero-order valence-corrected chi connectivity index (χ0v) is 14.1. The molecule has 120 valence electrons. The van der Waals surface area contributed by atoms with E-state index in [0.29, 0.717) is 18.1 Å². The van der Waals surface area contributed by atoms with Gasteiger partial charge in [0.25, 0.3) is 0 Å². The Morgan fingerprint density at radius 3 is 2.62 bits per heavy atom. The van der Waals surface area contributed by atoms with E-state index in [1.54, 1.807) is 0 Å². The van der Waals surface area contributed by atoms with Crippen LogP contribution < -0.4 is 10.6 Å². The zero-order chi connectivity index (χ0) is 15.2. The molecule has 0 aliphatic carbocycles. The average molecular weight is 292 g/mol. The lowest BCUT2D eigenvalue weighted by molar-refractivity contribution is 0.223. The van der Waals surface area contributed by atoms with Crippen LogP contribution in [0.5, 0.6) is 0 Å². The quantitative estimate of drug-likeness (QED) is 0.810. The van der Waals surface area contributed by atoms with Crippen molar-refractivity contribution in [1.29, 1.82) is 0 Å². The van der Waals surface area contributed by atoms with Crippen LogP contribution >= 0.6 is 0 Å². The summed E-state index contributed by atoms with van der Waals surface area (Å²) in [6.07, 6.45) is 8.14. The minimum absolute atomic E-state index is 0.492. The van der Waals surface area contributed by atoms with E-state index in [2.05, 4.69) is 66.4 Å². The summed E-state index contributed by atoms with van der Waals surface area (Å²) in [5.74, 6) is 0. The molecule has 2 N–H and O–H groups in total. The first kappa shape index (κ1) is 16.4. The molecule has 1 aromatic heterocycles. The van der Waals surface area contributed by atoms with Crippen molar-refractivity contribution in [2.45, 2.75) is 64.7 Å². The molecule has 0 bridgehead atoms. The van der Waals surface area contributed by atoms with Gasteiger partial charge in [0, 0.05) is 37.1 Å². The maximum absolute atomic E-state index is 3.79. The molecule has 1 fully saturated rings. The summed E-state index contributed by atoms with van der Waals surface area (Å²) in [6, 6.07) is 3.95. The lowest BCUT2D eigenvalue weighted by Gasteiger charge is -2.31. The van der Waals surface area contributed by atoms with Crippen LogP contribution in [-0.4, -0.2) is 47.7 Å². The van der Waals surface area contributed by atoms with Gasteiger partial charge in [-0.3, -0.25) is 0 Å². The van der Waals surface area contributed by atoms with Crippen molar-refractivity contribution in [1.82, 2.24) is 14.8 Å². The molecule has 1 aliphatic heterocycles. The van der Waals surface area contributed by atoms with Gasteiger partial charge in [0.05, 0.1) is 5.69 Å². The molecule has 1 saturated heterocycles. The number of nitrogens with one attached hydrogen (secondary N) is 2. The van der Waals surface area contributed by atoms with Gasteiger partial charge in [-0.1, -0.05) is 0 Å². The van der Waals surface area contributed by atoms with E-state index < -0.39 is 0 Å². The van der Waals surface area contributed by atoms with Crippen molar-refractivity contribution in [3.05, 3.63) is 18.5 Å². The van der Waals surface area contributed by atoms with Crippen LogP contribution in [0.2, 0.25) is 0 Å². The number of piperidine rings is 1. The SMILES string of the molecule is CC(C)Nc1ccn(CCC(C)NC2CCN(C)CC2)c1. The molecule has 2 heterocycles. The topological polar surface area (TPSA) is 32.2 Å². The van der Waals surface area contributed by atoms with E-state index >= 15 is 0 Å². The highest BCUT2D eigenvalue weighted by molar-refractivity contribution is 5.41. The summed E-state index contributed by atoms with van der Waals surface area (Å²) < 4.78 is 2.29. The van der Waals surface area contributed by atoms with Crippen LogP contribution in [-0.2, 0) is 6.54 Å². The number of likely N-dealkylation sites (tertiary alicyclic amines) is 1. The van der Waals surface area contributed by atoms with Crippen molar-refractivity contribution in [2.75, 3.05) is 25.5 Å². The molecule has 0 aromatic carbocycles. The third-order valence-corrected chi connectivity index (χ3v) is 4.26. The monoisotopic (exact) mass is 292 g/mol. The standard InChI is InChI=1S/C17H32N4/c1-14(2)18-17-8-12-21(13-17)11-5-15(3)19-16-6-9-20(4)10-7-16/h8,12-16,18-19H,5-7,9-11H2,1-4H3. The van der Waals surface area contributed by atoms with E-state index in [0.717, 1.165) is 6.54 Å². The Bertz CT molecular complexity index is 405. The Balaban J connectivity index is 1.68. The van der Waals surface area contributed by atoms with E-state index in [4.69, 9.17) is 0 Å². The zero-order valence-electron chi connectivity index (χ0n) is 14.1. The van der Waals surface area contributed by atoms with Crippen molar-refractivity contribution in [2.24, 2.45) is 0 Å². The molecule has 1 unspecified atom stereocenters. The summed E-state index contributed by atoms with van der Waals surface area (Å²) in [5, 5.41) is 7.23. The van der Waals surface area contributed by atoms with Gasteiger partial charge in [-0.25, -0.2) is 0 Å². The van der Waals surface area contributed by atoms with Crippen molar-refractivity contribution >= 4 is 5.69 Å². The number of nitrogens with zero attached hydrogens (tertiary/aromatic N) is 2. The average Bonchev–Trinajstić information content (AvgIpc) is 2.86. The number of rotatable bonds is 7.